The maximum atomic E-state index is 14.5. The van der Waals surface area contributed by atoms with E-state index in [4.69, 9.17) is 21.1 Å². The molecule has 7 heteroatoms. The van der Waals surface area contributed by atoms with Gasteiger partial charge in [0.2, 0.25) is 0 Å². The lowest BCUT2D eigenvalue weighted by atomic mass is 9.64. The van der Waals surface area contributed by atoms with Gasteiger partial charge in [-0.05, 0) is 48.9 Å². The van der Waals surface area contributed by atoms with Crippen LogP contribution in [0.3, 0.4) is 0 Å². The molecular formula is C30H24ClNO5. The summed E-state index contributed by atoms with van der Waals surface area (Å²) in [7, 11) is 3.08. The molecule has 2 heterocycles. The molecule has 0 aromatic heterocycles. The number of benzene rings is 3. The lowest BCUT2D eigenvalue weighted by molar-refractivity contribution is -0.118. The Morgan fingerprint density at radius 2 is 1.65 bits per heavy atom. The number of carbonyl (C=O) groups is 3. The summed E-state index contributed by atoms with van der Waals surface area (Å²) in [5.41, 5.74) is 1.32. The minimum atomic E-state index is -1.58. The van der Waals surface area contributed by atoms with E-state index in [0.717, 1.165) is 11.3 Å². The highest BCUT2D eigenvalue weighted by molar-refractivity contribution is 6.32. The SMILES string of the molecule is COc1ccc(OC)c(C2C(C(C)=O)N3c4ccc(Cl)cc4C=CC3C23C(=O)c2ccccc2C3=O)c1. The van der Waals surface area contributed by atoms with Gasteiger partial charge in [-0.25, -0.2) is 0 Å². The highest BCUT2D eigenvalue weighted by Gasteiger charge is 2.71. The van der Waals surface area contributed by atoms with E-state index in [-0.39, 0.29) is 17.3 Å². The Hall–Kier alpha value is -3.90. The van der Waals surface area contributed by atoms with Gasteiger partial charge in [-0.1, -0.05) is 48.0 Å². The molecule has 186 valence electrons. The van der Waals surface area contributed by atoms with E-state index < -0.39 is 23.4 Å². The topological polar surface area (TPSA) is 72.9 Å². The molecular weight excluding hydrogens is 490 g/mol. The second-order valence-electron chi connectivity index (χ2n) is 9.63. The Morgan fingerprint density at radius 3 is 2.27 bits per heavy atom. The zero-order valence-electron chi connectivity index (χ0n) is 20.5. The fraction of sp³-hybridized carbons (Fsp3) is 0.233. The molecule has 3 unspecified atom stereocenters. The molecule has 1 aliphatic carbocycles. The van der Waals surface area contributed by atoms with Gasteiger partial charge in [-0.2, -0.15) is 0 Å². The normalized spacial score (nSPS) is 22.6. The van der Waals surface area contributed by atoms with E-state index >= 15 is 0 Å². The van der Waals surface area contributed by atoms with E-state index in [1.165, 1.54) is 14.0 Å². The summed E-state index contributed by atoms with van der Waals surface area (Å²) in [6.07, 6.45) is 3.75. The maximum Gasteiger partial charge on any atom is 0.180 e. The number of fused-ring (bicyclic) bond motifs is 5. The maximum absolute atomic E-state index is 14.5. The van der Waals surface area contributed by atoms with Gasteiger partial charge in [-0.3, -0.25) is 14.4 Å². The van der Waals surface area contributed by atoms with Crippen molar-refractivity contribution in [2.45, 2.75) is 24.9 Å². The summed E-state index contributed by atoms with van der Waals surface area (Å²) in [6, 6.07) is 16.1. The average molecular weight is 514 g/mol. The highest BCUT2D eigenvalue weighted by Crippen LogP contribution is 2.62. The van der Waals surface area contributed by atoms with Crippen LogP contribution in [0.25, 0.3) is 6.08 Å². The fourth-order valence-corrected chi connectivity index (χ4v) is 6.71. The summed E-state index contributed by atoms with van der Waals surface area (Å²) < 4.78 is 11.2. The first-order chi connectivity index (χ1) is 17.8. The third kappa shape index (κ3) is 3.02. The van der Waals surface area contributed by atoms with Crippen molar-refractivity contribution < 1.29 is 23.9 Å². The molecule has 3 aliphatic rings. The van der Waals surface area contributed by atoms with Crippen LogP contribution in [0.15, 0.2) is 66.7 Å². The number of Topliss-reactive ketones (excluding diaryl/α,β-unsaturated/α-hetero) is 3. The van der Waals surface area contributed by atoms with Gasteiger partial charge in [0, 0.05) is 33.3 Å². The van der Waals surface area contributed by atoms with Crippen LogP contribution in [0.1, 0.15) is 44.7 Å². The number of ketones is 3. The van der Waals surface area contributed by atoms with E-state index in [2.05, 4.69) is 0 Å². The van der Waals surface area contributed by atoms with Gasteiger partial charge in [0.25, 0.3) is 0 Å². The number of hydrogen-bond donors (Lipinski definition) is 0. The van der Waals surface area contributed by atoms with Crippen LogP contribution in [0.2, 0.25) is 5.02 Å². The number of hydrogen-bond acceptors (Lipinski definition) is 6. The number of methoxy groups -OCH3 is 2. The number of anilines is 1. The van der Waals surface area contributed by atoms with Gasteiger partial charge in [-0.15, -0.1) is 0 Å². The second kappa shape index (κ2) is 8.32. The minimum Gasteiger partial charge on any atom is -0.497 e. The van der Waals surface area contributed by atoms with E-state index in [0.29, 0.717) is 33.2 Å². The fourth-order valence-electron chi connectivity index (χ4n) is 6.53. The predicted octanol–water partition coefficient (Wildman–Crippen LogP) is 5.38. The van der Waals surface area contributed by atoms with Crippen molar-refractivity contribution in [2.24, 2.45) is 5.41 Å². The summed E-state index contributed by atoms with van der Waals surface area (Å²) in [4.78, 5) is 44.4. The summed E-state index contributed by atoms with van der Waals surface area (Å²) >= 11 is 6.29. The second-order valence-corrected chi connectivity index (χ2v) is 10.1. The summed E-state index contributed by atoms with van der Waals surface area (Å²) in [5, 5.41) is 0.557. The lowest BCUT2D eigenvalue weighted by Crippen LogP contribution is -2.48. The molecule has 6 nitrogen and oxygen atoms in total. The molecule has 6 rings (SSSR count). The van der Waals surface area contributed by atoms with Gasteiger partial charge in [0.1, 0.15) is 16.9 Å². The Balaban J connectivity index is 1.71. The van der Waals surface area contributed by atoms with Crippen molar-refractivity contribution in [3.05, 3.63) is 94.0 Å². The monoisotopic (exact) mass is 513 g/mol. The van der Waals surface area contributed by atoms with E-state index in [9.17, 15) is 14.4 Å². The van der Waals surface area contributed by atoms with Crippen molar-refractivity contribution in [3.63, 3.8) is 0 Å². The third-order valence-corrected chi connectivity index (χ3v) is 8.19. The van der Waals surface area contributed by atoms with Crippen LogP contribution in [0.5, 0.6) is 11.5 Å². The van der Waals surface area contributed by atoms with E-state index in [1.54, 1.807) is 55.6 Å². The Labute approximate surface area is 219 Å². The minimum absolute atomic E-state index is 0.162. The van der Waals surface area contributed by atoms with Crippen LogP contribution in [-0.4, -0.2) is 43.7 Å². The number of halogens is 1. The molecule has 0 N–H and O–H groups in total. The molecule has 0 bridgehead atoms. The first-order valence-corrected chi connectivity index (χ1v) is 12.4. The molecule has 3 atom stereocenters. The Kier molecular flexibility index (Phi) is 5.28. The molecule has 1 fully saturated rings. The van der Waals surface area contributed by atoms with Crippen LogP contribution in [-0.2, 0) is 4.79 Å². The van der Waals surface area contributed by atoms with Gasteiger partial charge >= 0.3 is 0 Å². The largest absolute Gasteiger partial charge is 0.497 e. The highest BCUT2D eigenvalue weighted by atomic mass is 35.5. The molecule has 0 radical (unpaired) electrons. The van der Waals surface area contributed by atoms with Crippen LogP contribution >= 0.6 is 11.6 Å². The first-order valence-electron chi connectivity index (χ1n) is 12.0. The molecule has 0 amide bonds. The number of rotatable bonds is 4. The number of nitrogens with zero attached hydrogens (tertiary/aromatic N) is 1. The quantitative estimate of drug-likeness (QED) is 0.436. The van der Waals surface area contributed by atoms with Crippen molar-refractivity contribution >= 4 is 40.7 Å². The van der Waals surface area contributed by atoms with Crippen molar-refractivity contribution in [1.82, 2.24) is 0 Å². The molecule has 1 spiro atoms. The van der Waals surface area contributed by atoms with Crippen molar-refractivity contribution in [3.8, 4) is 11.5 Å². The van der Waals surface area contributed by atoms with Crippen LogP contribution < -0.4 is 14.4 Å². The van der Waals surface area contributed by atoms with Crippen LogP contribution in [0.4, 0.5) is 5.69 Å². The average Bonchev–Trinajstić information content (AvgIpc) is 3.34. The first kappa shape index (κ1) is 23.5. The van der Waals surface area contributed by atoms with Crippen LogP contribution in [0, 0.1) is 5.41 Å². The van der Waals surface area contributed by atoms with Gasteiger partial charge < -0.3 is 14.4 Å². The Morgan fingerprint density at radius 1 is 0.946 bits per heavy atom. The predicted molar refractivity (Wildman–Crippen MR) is 141 cm³/mol. The zero-order chi connectivity index (χ0) is 26.1. The molecule has 1 saturated heterocycles. The third-order valence-electron chi connectivity index (χ3n) is 7.95. The zero-order valence-corrected chi connectivity index (χ0v) is 21.3. The summed E-state index contributed by atoms with van der Waals surface area (Å²) in [5.74, 6) is -0.555. The molecule has 0 saturated carbocycles. The lowest BCUT2D eigenvalue weighted by Gasteiger charge is -2.37. The van der Waals surface area contributed by atoms with E-state index in [1.807, 2.05) is 29.2 Å². The standard InChI is InChI=1S/C30H24ClNO5/c1-16(33)27-26(22-15-19(36-2)10-12-24(22)37-3)30(28(34)20-6-4-5-7-21(20)29(30)35)25-13-8-17-14-18(31)9-11-23(17)32(25)27/h4-15,25-27H,1-3H3. The van der Waals surface area contributed by atoms with Gasteiger partial charge in [0.15, 0.2) is 17.3 Å². The number of ether oxygens (including phenoxy) is 2. The molecule has 3 aromatic rings. The summed E-state index contributed by atoms with van der Waals surface area (Å²) in [6.45, 7) is 1.51. The van der Waals surface area contributed by atoms with Gasteiger partial charge in [0.05, 0.1) is 26.3 Å². The molecule has 2 aliphatic heterocycles. The smallest absolute Gasteiger partial charge is 0.180 e. The van der Waals surface area contributed by atoms with Crippen molar-refractivity contribution in [1.29, 1.82) is 0 Å². The van der Waals surface area contributed by atoms with Crippen molar-refractivity contribution in [2.75, 3.05) is 19.1 Å². The Bertz CT molecular complexity index is 1490. The molecule has 3 aromatic carbocycles. The number of carbonyl (C=O) groups excluding carboxylic acids is 3. The molecule has 37 heavy (non-hydrogen) atoms.